The summed E-state index contributed by atoms with van der Waals surface area (Å²) in [5.74, 6) is 0.913. The summed E-state index contributed by atoms with van der Waals surface area (Å²) in [4.78, 5) is 12.7. The SMILES string of the molecule is COc1ccc(/C(=C/c2cccs2)c2ccc(C(C)=O)cc2)cc1. The Kier molecular flexibility index (Phi) is 4.92. The van der Waals surface area contributed by atoms with Crippen molar-refractivity contribution in [2.24, 2.45) is 0 Å². The Hall–Kier alpha value is -2.65. The molecule has 3 heteroatoms. The fraction of sp³-hybridized carbons (Fsp3) is 0.0952. The lowest BCUT2D eigenvalue weighted by Gasteiger charge is -2.10. The lowest BCUT2D eigenvalue weighted by Crippen LogP contribution is -1.93. The van der Waals surface area contributed by atoms with Crippen molar-refractivity contribution < 1.29 is 9.53 Å². The minimum Gasteiger partial charge on any atom is -0.497 e. The van der Waals surface area contributed by atoms with Gasteiger partial charge < -0.3 is 4.74 Å². The maximum atomic E-state index is 11.5. The molecule has 1 heterocycles. The molecule has 0 saturated carbocycles. The molecule has 24 heavy (non-hydrogen) atoms. The lowest BCUT2D eigenvalue weighted by molar-refractivity contribution is 0.101. The highest BCUT2D eigenvalue weighted by Crippen LogP contribution is 2.29. The molecule has 0 aliphatic carbocycles. The molecule has 0 fully saturated rings. The van der Waals surface area contributed by atoms with Crippen molar-refractivity contribution in [3.05, 3.63) is 87.6 Å². The molecular weight excluding hydrogens is 316 g/mol. The van der Waals surface area contributed by atoms with E-state index in [4.69, 9.17) is 4.74 Å². The van der Waals surface area contributed by atoms with E-state index < -0.39 is 0 Å². The number of rotatable bonds is 5. The van der Waals surface area contributed by atoms with E-state index in [-0.39, 0.29) is 5.78 Å². The van der Waals surface area contributed by atoms with Crippen molar-refractivity contribution in [3.8, 4) is 5.75 Å². The summed E-state index contributed by atoms with van der Waals surface area (Å²) in [5, 5.41) is 2.07. The van der Waals surface area contributed by atoms with Crippen molar-refractivity contribution in [2.75, 3.05) is 7.11 Å². The standard InChI is InChI=1S/C21H18O2S/c1-15(22)16-5-7-17(8-6-16)21(14-20-4-3-13-24-20)18-9-11-19(23-2)12-10-18/h3-14H,1-2H3/b21-14+. The Morgan fingerprint density at radius 1 is 0.917 bits per heavy atom. The van der Waals surface area contributed by atoms with Crippen LogP contribution in [0.1, 0.15) is 33.3 Å². The van der Waals surface area contributed by atoms with E-state index in [1.165, 1.54) is 4.88 Å². The van der Waals surface area contributed by atoms with E-state index in [2.05, 4.69) is 29.7 Å². The van der Waals surface area contributed by atoms with E-state index >= 15 is 0 Å². The molecule has 0 saturated heterocycles. The zero-order valence-electron chi connectivity index (χ0n) is 13.7. The summed E-state index contributed by atoms with van der Waals surface area (Å²) in [7, 11) is 1.66. The van der Waals surface area contributed by atoms with E-state index in [9.17, 15) is 4.79 Å². The van der Waals surface area contributed by atoms with Crippen LogP contribution >= 0.6 is 11.3 Å². The summed E-state index contributed by atoms with van der Waals surface area (Å²) < 4.78 is 5.25. The summed E-state index contributed by atoms with van der Waals surface area (Å²) >= 11 is 1.70. The van der Waals surface area contributed by atoms with E-state index in [1.54, 1.807) is 25.4 Å². The van der Waals surface area contributed by atoms with Crippen LogP contribution < -0.4 is 4.74 Å². The normalized spacial score (nSPS) is 11.3. The number of hydrogen-bond acceptors (Lipinski definition) is 3. The quantitative estimate of drug-likeness (QED) is 0.572. The van der Waals surface area contributed by atoms with Gasteiger partial charge in [-0.3, -0.25) is 4.79 Å². The highest BCUT2D eigenvalue weighted by molar-refractivity contribution is 7.10. The average molecular weight is 334 g/mol. The minimum absolute atomic E-state index is 0.0785. The Morgan fingerprint density at radius 2 is 1.50 bits per heavy atom. The van der Waals surface area contributed by atoms with Gasteiger partial charge in [0.05, 0.1) is 7.11 Å². The maximum absolute atomic E-state index is 11.5. The van der Waals surface area contributed by atoms with Gasteiger partial charge in [-0.05, 0) is 53.3 Å². The van der Waals surface area contributed by atoms with Gasteiger partial charge in [0.25, 0.3) is 0 Å². The van der Waals surface area contributed by atoms with Crippen molar-refractivity contribution in [1.82, 2.24) is 0 Å². The second-order valence-electron chi connectivity index (χ2n) is 5.44. The number of hydrogen-bond donors (Lipinski definition) is 0. The molecule has 0 spiro atoms. The molecule has 2 nitrogen and oxygen atoms in total. The summed E-state index contributed by atoms with van der Waals surface area (Å²) in [6.45, 7) is 1.58. The van der Waals surface area contributed by atoms with Crippen molar-refractivity contribution >= 4 is 28.8 Å². The van der Waals surface area contributed by atoms with E-state index in [0.717, 1.165) is 28.0 Å². The molecule has 3 aromatic rings. The number of methoxy groups -OCH3 is 1. The Bertz CT molecular complexity index is 842. The first kappa shape index (κ1) is 16.2. The Balaban J connectivity index is 2.06. The van der Waals surface area contributed by atoms with Gasteiger partial charge in [-0.1, -0.05) is 42.5 Å². The van der Waals surface area contributed by atoms with Crippen LogP contribution in [0.3, 0.4) is 0 Å². The van der Waals surface area contributed by atoms with Crippen LogP contribution in [0, 0.1) is 0 Å². The van der Waals surface area contributed by atoms with Gasteiger partial charge in [0, 0.05) is 10.4 Å². The van der Waals surface area contributed by atoms with Gasteiger partial charge in [0.15, 0.2) is 5.78 Å². The smallest absolute Gasteiger partial charge is 0.159 e. The van der Waals surface area contributed by atoms with Gasteiger partial charge >= 0.3 is 0 Å². The van der Waals surface area contributed by atoms with Crippen LogP contribution in [-0.2, 0) is 0 Å². The number of ketones is 1. The van der Waals surface area contributed by atoms with Crippen molar-refractivity contribution in [2.45, 2.75) is 6.92 Å². The fourth-order valence-corrected chi connectivity index (χ4v) is 3.16. The van der Waals surface area contributed by atoms with Crippen LogP contribution in [0.15, 0.2) is 66.0 Å². The first-order valence-corrected chi connectivity index (χ1v) is 8.56. The van der Waals surface area contributed by atoms with Crippen LogP contribution in [0.5, 0.6) is 5.75 Å². The van der Waals surface area contributed by atoms with Gasteiger partial charge in [0.2, 0.25) is 0 Å². The zero-order chi connectivity index (χ0) is 16.9. The maximum Gasteiger partial charge on any atom is 0.159 e. The summed E-state index contributed by atoms with van der Waals surface area (Å²) in [6, 6.07) is 19.9. The van der Waals surface area contributed by atoms with E-state index in [0.29, 0.717) is 0 Å². The second kappa shape index (κ2) is 7.28. The average Bonchev–Trinajstić information content (AvgIpc) is 3.13. The molecular formula is C21H18O2S. The number of carbonyl (C=O) groups excluding carboxylic acids is 1. The monoisotopic (exact) mass is 334 g/mol. The molecule has 0 amide bonds. The first-order valence-electron chi connectivity index (χ1n) is 7.68. The molecule has 0 aliphatic rings. The molecule has 1 aromatic heterocycles. The minimum atomic E-state index is 0.0785. The number of carbonyl (C=O) groups is 1. The van der Waals surface area contributed by atoms with Crippen LogP contribution in [0.2, 0.25) is 0 Å². The van der Waals surface area contributed by atoms with Gasteiger partial charge in [0.1, 0.15) is 5.75 Å². The van der Waals surface area contributed by atoms with Gasteiger partial charge in [-0.15, -0.1) is 11.3 Å². The number of benzene rings is 2. The Labute approximate surface area is 146 Å². The topological polar surface area (TPSA) is 26.3 Å². The predicted octanol–water partition coefficient (Wildman–Crippen LogP) is 5.55. The van der Waals surface area contributed by atoms with Crippen LogP contribution in [0.25, 0.3) is 11.6 Å². The van der Waals surface area contributed by atoms with Gasteiger partial charge in [-0.25, -0.2) is 0 Å². The van der Waals surface area contributed by atoms with Crippen LogP contribution in [0.4, 0.5) is 0 Å². The molecule has 0 bridgehead atoms. The summed E-state index contributed by atoms with van der Waals surface area (Å²) in [5.41, 5.74) is 4.04. The highest BCUT2D eigenvalue weighted by Gasteiger charge is 2.08. The third-order valence-corrected chi connectivity index (χ3v) is 4.65. The van der Waals surface area contributed by atoms with E-state index in [1.807, 2.05) is 42.5 Å². The molecule has 3 rings (SSSR count). The predicted molar refractivity (Wildman–Crippen MR) is 101 cm³/mol. The van der Waals surface area contributed by atoms with Crippen molar-refractivity contribution in [1.29, 1.82) is 0 Å². The third kappa shape index (κ3) is 3.63. The molecule has 0 radical (unpaired) electrons. The third-order valence-electron chi connectivity index (χ3n) is 3.83. The van der Waals surface area contributed by atoms with Gasteiger partial charge in [-0.2, -0.15) is 0 Å². The number of thiophene rings is 1. The fourth-order valence-electron chi connectivity index (χ4n) is 2.50. The molecule has 120 valence electrons. The molecule has 0 aliphatic heterocycles. The van der Waals surface area contributed by atoms with Crippen molar-refractivity contribution in [3.63, 3.8) is 0 Å². The molecule has 2 aromatic carbocycles. The van der Waals surface area contributed by atoms with Crippen LogP contribution in [-0.4, -0.2) is 12.9 Å². The first-order chi connectivity index (χ1) is 11.7. The number of ether oxygens (including phenoxy) is 1. The number of Topliss-reactive ketones (excluding diaryl/α,β-unsaturated/α-hetero) is 1. The molecule has 0 N–H and O–H groups in total. The zero-order valence-corrected chi connectivity index (χ0v) is 14.5. The lowest BCUT2D eigenvalue weighted by atomic mass is 9.96. The summed E-state index contributed by atoms with van der Waals surface area (Å²) in [6.07, 6.45) is 2.18. The Morgan fingerprint density at radius 3 is 2.00 bits per heavy atom. The molecule has 0 unspecified atom stereocenters. The molecule has 0 atom stereocenters. The highest BCUT2D eigenvalue weighted by atomic mass is 32.1. The second-order valence-corrected chi connectivity index (χ2v) is 6.41. The largest absolute Gasteiger partial charge is 0.497 e.